The van der Waals surface area contributed by atoms with Crippen LogP contribution in [0.25, 0.3) is 5.69 Å². The second kappa shape index (κ2) is 10.3. The minimum absolute atomic E-state index is 0.00347. The maximum absolute atomic E-state index is 12.0. The molecule has 0 atom stereocenters. The molecule has 136 valence electrons. The Morgan fingerprint density at radius 3 is 2.96 bits per heavy atom. The molecule has 1 amide bonds. The lowest BCUT2D eigenvalue weighted by molar-refractivity contribution is -0.118. The molecule has 0 radical (unpaired) electrons. The molecule has 0 aliphatic heterocycles. The van der Waals surface area contributed by atoms with Crippen molar-refractivity contribution >= 4 is 17.7 Å². The molecule has 1 N–H and O–H groups in total. The van der Waals surface area contributed by atoms with Crippen LogP contribution >= 0.6 is 11.8 Å². The van der Waals surface area contributed by atoms with E-state index in [1.807, 2.05) is 22.9 Å². The van der Waals surface area contributed by atoms with E-state index in [9.17, 15) is 4.79 Å². The monoisotopic (exact) mass is 361 g/mol. The van der Waals surface area contributed by atoms with Crippen LogP contribution in [0.1, 0.15) is 25.8 Å². The van der Waals surface area contributed by atoms with Crippen molar-refractivity contribution in [3.63, 3.8) is 0 Å². The number of amides is 1. The highest BCUT2D eigenvalue weighted by Gasteiger charge is 2.09. The van der Waals surface area contributed by atoms with Crippen LogP contribution < -0.4 is 5.32 Å². The minimum Gasteiger partial charge on any atom is -0.380 e. The molecule has 2 aromatic rings. The zero-order chi connectivity index (χ0) is 18.1. The van der Waals surface area contributed by atoms with E-state index in [-0.39, 0.29) is 5.91 Å². The molecule has 25 heavy (non-hydrogen) atoms. The number of carbonyl (C=O) groups excluding carboxylic acids is 1. The first-order chi connectivity index (χ1) is 12.1. The molecule has 0 aliphatic carbocycles. The number of hydrogen-bond donors (Lipinski definition) is 1. The largest absolute Gasteiger partial charge is 0.380 e. The quantitative estimate of drug-likeness (QED) is 0.520. The number of carbonyl (C=O) groups is 1. The summed E-state index contributed by atoms with van der Waals surface area (Å²) >= 11 is 1.43. The van der Waals surface area contributed by atoms with E-state index in [1.165, 1.54) is 17.3 Å². The van der Waals surface area contributed by atoms with E-state index in [0.29, 0.717) is 24.8 Å². The van der Waals surface area contributed by atoms with Gasteiger partial charge >= 0.3 is 0 Å². The van der Waals surface area contributed by atoms with Gasteiger partial charge in [0.25, 0.3) is 0 Å². The molecule has 2 rings (SSSR count). The second-order valence-electron chi connectivity index (χ2n) is 6.35. The highest BCUT2D eigenvalue weighted by molar-refractivity contribution is 7.99. The molecule has 0 unspecified atom stereocenters. The fraction of sp³-hybridized carbons (Fsp3) is 0.474. The summed E-state index contributed by atoms with van der Waals surface area (Å²) in [5.41, 5.74) is 2.25. The van der Waals surface area contributed by atoms with Crippen LogP contribution in [0.15, 0.2) is 41.8 Å². The summed E-state index contributed by atoms with van der Waals surface area (Å²) < 4.78 is 7.50. The van der Waals surface area contributed by atoms with Crippen molar-refractivity contribution in [3.05, 3.63) is 42.2 Å². The van der Waals surface area contributed by atoms with Gasteiger partial charge in [-0.15, -0.1) is 0 Å². The van der Waals surface area contributed by atoms with Gasteiger partial charge in [0, 0.05) is 31.2 Å². The van der Waals surface area contributed by atoms with Crippen molar-refractivity contribution in [3.8, 4) is 5.69 Å². The molecule has 0 saturated heterocycles. The number of imidazole rings is 1. The summed E-state index contributed by atoms with van der Waals surface area (Å²) in [6.07, 6.45) is 4.72. The molecular weight excluding hydrogens is 334 g/mol. The third kappa shape index (κ3) is 6.92. The van der Waals surface area contributed by atoms with Gasteiger partial charge in [-0.25, -0.2) is 4.98 Å². The van der Waals surface area contributed by atoms with Gasteiger partial charge in [-0.3, -0.25) is 9.36 Å². The summed E-state index contributed by atoms with van der Waals surface area (Å²) in [6.45, 7) is 8.25. The Morgan fingerprint density at radius 1 is 1.36 bits per heavy atom. The topological polar surface area (TPSA) is 56.2 Å². The Labute approximate surface area is 154 Å². The van der Waals surface area contributed by atoms with Gasteiger partial charge < -0.3 is 10.1 Å². The van der Waals surface area contributed by atoms with Crippen LogP contribution in [0.4, 0.5) is 0 Å². The smallest absolute Gasteiger partial charge is 0.230 e. The molecular formula is C19H27N3O2S. The van der Waals surface area contributed by atoms with Crippen LogP contribution in [-0.4, -0.2) is 41.0 Å². The number of nitrogens with zero attached hydrogens (tertiary/aromatic N) is 2. The molecule has 0 aliphatic rings. The summed E-state index contributed by atoms with van der Waals surface area (Å²) in [4.78, 5) is 16.3. The Bertz CT molecular complexity index is 670. The van der Waals surface area contributed by atoms with Gasteiger partial charge in [0.05, 0.1) is 12.4 Å². The number of hydrogen-bond acceptors (Lipinski definition) is 4. The average molecular weight is 362 g/mol. The molecule has 0 saturated carbocycles. The first-order valence-corrected chi connectivity index (χ1v) is 9.62. The first kappa shape index (κ1) is 19.5. The van der Waals surface area contributed by atoms with Crippen LogP contribution in [0.2, 0.25) is 0 Å². The predicted octanol–water partition coefficient (Wildman–Crippen LogP) is 3.45. The Morgan fingerprint density at radius 2 is 2.20 bits per heavy atom. The van der Waals surface area contributed by atoms with Crippen molar-refractivity contribution in [2.75, 3.05) is 25.5 Å². The number of aryl methyl sites for hydroxylation is 1. The van der Waals surface area contributed by atoms with E-state index in [4.69, 9.17) is 4.74 Å². The Kier molecular flexibility index (Phi) is 8.01. The third-order valence-corrected chi connectivity index (χ3v) is 4.59. The summed E-state index contributed by atoms with van der Waals surface area (Å²) in [7, 11) is 0. The number of thioether (sulfide) groups is 1. The van der Waals surface area contributed by atoms with Crippen LogP contribution in [0.3, 0.4) is 0 Å². The fourth-order valence-electron chi connectivity index (χ4n) is 2.24. The number of aromatic nitrogens is 2. The molecule has 1 heterocycles. The van der Waals surface area contributed by atoms with Gasteiger partial charge in [-0.05, 0) is 37.0 Å². The Hall–Kier alpha value is -1.79. The van der Waals surface area contributed by atoms with Gasteiger partial charge in [0.1, 0.15) is 0 Å². The van der Waals surface area contributed by atoms with Gasteiger partial charge in [-0.2, -0.15) is 0 Å². The van der Waals surface area contributed by atoms with Gasteiger partial charge in [0.2, 0.25) is 5.91 Å². The first-order valence-electron chi connectivity index (χ1n) is 8.64. The highest BCUT2D eigenvalue weighted by atomic mass is 32.2. The van der Waals surface area contributed by atoms with E-state index in [1.54, 1.807) is 6.20 Å². The average Bonchev–Trinajstić information content (AvgIpc) is 3.04. The number of nitrogens with one attached hydrogen (secondary N) is 1. The molecule has 6 heteroatoms. The van der Waals surface area contributed by atoms with Gasteiger partial charge in [0.15, 0.2) is 5.16 Å². The molecule has 1 aromatic carbocycles. The summed E-state index contributed by atoms with van der Waals surface area (Å²) in [5, 5.41) is 3.69. The van der Waals surface area contributed by atoms with Crippen molar-refractivity contribution in [1.29, 1.82) is 0 Å². The zero-order valence-corrected chi connectivity index (χ0v) is 16.0. The summed E-state index contributed by atoms with van der Waals surface area (Å²) in [6, 6.07) is 8.21. The van der Waals surface area contributed by atoms with Crippen LogP contribution in [-0.2, 0) is 9.53 Å². The lowest BCUT2D eigenvalue weighted by atomic mass is 10.1. The maximum Gasteiger partial charge on any atom is 0.230 e. The zero-order valence-electron chi connectivity index (χ0n) is 15.2. The minimum atomic E-state index is -0.00347. The van der Waals surface area contributed by atoms with E-state index in [0.717, 1.165) is 23.9 Å². The van der Waals surface area contributed by atoms with E-state index >= 15 is 0 Å². The number of ether oxygens (including phenoxy) is 1. The molecule has 1 aromatic heterocycles. The van der Waals surface area contributed by atoms with Crippen molar-refractivity contribution in [2.24, 2.45) is 5.92 Å². The van der Waals surface area contributed by atoms with Crippen LogP contribution in [0.5, 0.6) is 0 Å². The molecule has 0 spiro atoms. The SMILES string of the molecule is Cc1cccc(-n2ccnc2SCC(=O)NCCOCCC(C)C)c1. The van der Waals surface area contributed by atoms with Crippen molar-refractivity contribution < 1.29 is 9.53 Å². The molecule has 5 nitrogen and oxygen atoms in total. The molecule has 0 fully saturated rings. The normalized spacial score (nSPS) is 11.0. The van der Waals surface area contributed by atoms with Crippen molar-refractivity contribution in [1.82, 2.24) is 14.9 Å². The highest BCUT2D eigenvalue weighted by Crippen LogP contribution is 2.20. The molecule has 0 bridgehead atoms. The standard InChI is InChI=1S/C19H27N3O2S/c1-15(2)7-11-24-12-9-20-18(23)14-25-19-21-8-10-22(19)17-6-4-5-16(3)13-17/h4-6,8,10,13,15H,7,9,11-12,14H2,1-3H3,(H,20,23). The number of rotatable bonds is 10. The second-order valence-corrected chi connectivity index (χ2v) is 7.29. The Balaban J connectivity index is 1.73. The fourth-order valence-corrected chi connectivity index (χ4v) is 3.04. The van der Waals surface area contributed by atoms with E-state index < -0.39 is 0 Å². The van der Waals surface area contributed by atoms with Crippen molar-refractivity contribution in [2.45, 2.75) is 32.3 Å². The maximum atomic E-state index is 12.0. The lowest BCUT2D eigenvalue weighted by Gasteiger charge is -2.09. The third-order valence-electron chi connectivity index (χ3n) is 3.63. The predicted molar refractivity (Wildman–Crippen MR) is 102 cm³/mol. The summed E-state index contributed by atoms with van der Waals surface area (Å²) in [5.74, 6) is 0.980. The van der Waals surface area contributed by atoms with Crippen LogP contribution in [0, 0.1) is 12.8 Å². The van der Waals surface area contributed by atoms with E-state index in [2.05, 4.69) is 43.2 Å². The van der Waals surface area contributed by atoms with Gasteiger partial charge in [-0.1, -0.05) is 37.7 Å². The number of benzene rings is 1. The lowest BCUT2D eigenvalue weighted by Crippen LogP contribution is -2.29.